The van der Waals surface area contributed by atoms with Crippen LogP contribution >= 0.6 is 0 Å². The predicted molar refractivity (Wildman–Crippen MR) is 110 cm³/mol. The molecular formula is C22H21N3O2. The van der Waals surface area contributed by atoms with Crippen molar-refractivity contribution in [2.45, 2.75) is 13.0 Å². The van der Waals surface area contributed by atoms with Gasteiger partial charge in [0, 0.05) is 35.6 Å². The summed E-state index contributed by atoms with van der Waals surface area (Å²) >= 11 is 0. The third-order valence-electron chi connectivity index (χ3n) is 5.73. The number of nitrogens with two attached hydrogens (primary N) is 1. The first-order valence-corrected chi connectivity index (χ1v) is 9.11. The van der Waals surface area contributed by atoms with E-state index in [4.69, 9.17) is 10.5 Å². The quantitative estimate of drug-likeness (QED) is 0.678. The molecule has 1 aromatic heterocycles. The highest BCUT2D eigenvalue weighted by Gasteiger charge is 2.35. The van der Waals surface area contributed by atoms with Crippen molar-refractivity contribution in [2.24, 2.45) is 12.8 Å². The number of anilines is 1. The smallest absolute Gasteiger partial charge is 0.258 e. The lowest BCUT2D eigenvalue weighted by Crippen LogP contribution is -2.47. The number of fused-ring (bicyclic) bond motifs is 4. The minimum absolute atomic E-state index is 0.0210. The highest BCUT2D eigenvalue weighted by molar-refractivity contribution is 6.12. The Morgan fingerprint density at radius 3 is 2.74 bits per heavy atom. The Kier molecular flexibility index (Phi) is 3.27. The molecule has 1 unspecified atom stereocenters. The second-order valence-electron chi connectivity index (χ2n) is 7.30. The standard InChI is InChI=1S/C22H21N3O2/c1-12-8-13(2)25-14(10-23)11-27-21-19-18(9-17(12)20(21)25)15-6-4-5-7-16(15)22(26)24(19)3/h4-9,14H,2,10-11,23H2,1,3H3. The van der Waals surface area contributed by atoms with Gasteiger partial charge in [-0.25, -0.2) is 0 Å². The lowest BCUT2D eigenvalue weighted by Gasteiger charge is -2.42. The normalized spacial score (nSPS) is 18.5. The van der Waals surface area contributed by atoms with Crippen LogP contribution in [0.5, 0.6) is 5.75 Å². The van der Waals surface area contributed by atoms with Crippen LogP contribution in [0, 0.1) is 0 Å². The minimum Gasteiger partial charge on any atom is -0.487 e. The minimum atomic E-state index is -0.0210. The highest BCUT2D eigenvalue weighted by Crippen LogP contribution is 2.49. The number of allylic oxidation sites excluding steroid dienone is 2. The third-order valence-corrected chi connectivity index (χ3v) is 5.73. The zero-order valence-corrected chi connectivity index (χ0v) is 15.5. The van der Waals surface area contributed by atoms with Gasteiger partial charge in [0.1, 0.15) is 6.61 Å². The molecule has 1 atom stereocenters. The summed E-state index contributed by atoms with van der Waals surface area (Å²) in [7, 11) is 1.81. The molecule has 2 N–H and O–H groups in total. The van der Waals surface area contributed by atoms with Crippen LogP contribution in [0.4, 0.5) is 5.69 Å². The molecule has 136 valence electrons. The van der Waals surface area contributed by atoms with E-state index in [1.165, 1.54) is 0 Å². The number of rotatable bonds is 1. The van der Waals surface area contributed by atoms with E-state index in [-0.39, 0.29) is 11.6 Å². The van der Waals surface area contributed by atoms with Crippen LogP contribution < -0.4 is 20.9 Å². The Morgan fingerprint density at radius 2 is 2.00 bits per heavy atom. The number of hydrogen-bond acceptors (Lipinski definition) is 4. The second kappa shape index (κ2) is 5.47. The Morgan fingerprint density at radius 1 is 1.26 bits per heavy atom. The van der Waals surface area contributed by atoms with Crippen molar-refractivity contribution in [2.75, 3.05) is 18.1 Å². The topological polar surface area (TPSA) is 60.5 Å². The monoisotopic (exact) mass is 359 g/mol. The van der Waals surface area contributed by atoms with Crippen LogP contribution in [0.2, 0.25) is 0 Å². The van der Waals surface area contributed by atoms with Crippen molar-refractivity contribution in [1.29, 1.82) is 0 Å². The molecule has 0 amide bonds. The largest absolute Gasteiger partial charge is 0.487 e. The summed E-state index contributed by atoms with van der Waals surface area (Å²) in [6.07, 6.45) is 2.09. The van der Waals surface area contributed by atoms with Crippen molar-refractivity contribution < 1.29 is 4.74 Å². The summed E-state index contributed by atoms with van der Waals surface area (Å²) in [5.74, 6) is 0.742. The van der Waals surface area contributed by atoms with Gasteiger partial charge in [-0.3, -0.25) is 4.79 Å². The first kappa shape index (κ1) is 16.1. The fourth-order valence-electron chi connectivity index (χ4n) is 4.42. The number of hydrogen-bond donors (Lipinski definition) is 1. The molecule has 5 rings (SSSR count). The Balaban J connectivity index is 2.01. The van der Waals surface area contributed by atoms with Crippen LogP contribution in [0.15, 0.2) is 53.5 Å². The first-order valence-electron chi connectivity index (χ1n) is 9.11. The highest BCUT2D eigenvalue weighted by atomic mass is 16.5. The van der Waals surface area contributed by atoms with Gasteiger partial charge in [-0.1, -0.05) is 24.8 Å². The maximum absolute atomic E-state index is 13.0. The Hall–Kier alpha value is -3.05. The van der Waals surface area contributed by atoms with Crippen molar-refractivity contribution >= 4 is 32.9 Å². The van der Waals surface area contributed by atoms with Crippen LogP contribution in [0.3, 0.4) is 0 Å². The van der Waals surface area contributed by atoms with E-state index in [1.54, 1.807) is 4.57 Å². The number of nitrogens with zero attached hydrogens (tertiary/aromatic N) is 2. The molecule has 2 aliphatic heterocycles. The number of ether oxygens (including phenoxy) is 1. The SMILES string of the molecule is C=C1C=C(C)c2cc3c4ccccc4c(=O)n(C)c3c3c2N1C(CN)CO3. The van der Waals surface area contributed by atoms with Gasteiger partial charge in [0.2, 0.25) is 0 Å². The molecule has 2 aromatic carbocycles. The molecule has 0 saturated carbocycles. The molecule has 0 saturated heterocycles. The number of benzene rings is 2. The van der Waals surface area contributed by atoms with E-state index in [0.29, 0.717) is 18.5 Å². The Bertz CT molecular complexity index is 1240. The first-order chi connectivity index (χ1) is 13.0. The van der Waals surface area contributed by atoms with Gasteiger partial charge >= 0.3 is 0 Å². The molecule has 0 spiro atoms. The summed E-state index contributed by atoms with van der Waals surface area (Å²) in [6, 6.07) is 9.95. The third kappa shape index (κ3) is 2.00. The van der Waals surface area contributed by atoms with Crippen molar-refractivity contribution in [3.8, 4) is 5.75 Å². The average molecular weight is 359 g/mol. The summed E-state index contributed by atoms with van der Waals surface area (Å²) in [5, 5.41) is 2.69. The van der Waals surface area contributed by atoms with E-state index in [2.05, 4.69) is 30.5 Å². The fraction of sp³-hybridized carbons (Fsp3) is 0.227. The molecule has 5 heteroatoms. The zero-order chi connectivity index (χ0) is 18.9. The van der Waals surface area contributed by atoms with Gasteiger partial charge in [-0.15, -0.1) is 0 Å². The van der Waals surface area contributed by atoms with Crippen LogP contribution in [-0.2, 0) is 7.05 Å². The number of aromatic nitrogens is 1. The average Bonchev–Trinajstić information content (AvgIpc) is 2.68. The van der Waals surface area contributed by atoms with Gasteiger partial charge < -0.3 is 19.9 Å². The van der Waals surface area contributed by atoms with Gasteiger partial charge in [0.25, 0.3) is 5.56 Å². The van der Waals surface area contributed by atoms with Crippen LogP contribution in [-0.4, -0.2) is 23.8 Å². The van der Waals surface area contributed by atoms with Gasteiger partial charge in [-0.2, -0.15) is 0 Å². The molecule has 3 aromatic rings. The predicted octanol–water partition coefficient (Wildman–Crippen LogP) is 3.15. The van der Waals surface area contributed by atoms with Crippen LogP contribution in [0.1, 0.15) is 12.5 Å². The molecule has 0 fully saturated rings. The molecule has 3 heterocycles. The van der Waals surface area contributed by atoms with Crippen molar-refractivity contribution in [1.82, 2.24) is 4.57 Å². The summed E-state index contributed by atoms with van der Waals surface area (Å²) < 4.78 is 7.92. The molecule has 27 heavy (non-hydrogen) atoms. The molecular weight excluding hydrogens is 338 g/mol. The number of pyridine rings is 1. The lowest BCUT2D eigenvalue weighted by molar-refractivity contribution is 0.272. The van der Waals surface area contributed by atoms with Gasteiger partial charge in [0.05, 0.1) is 17.2 Å². The maximum Gasteiger partial charge on any atom is 0.258 e. The molecule has 0 radical (unpaired) electrons. The van der Waals surface area contributed by atoms with Crippen molar-refractivity contribution in [3.05, 3.63) is 64.6 Å². The Labute approximate surface area is 156 Å². The second-order valence-corrected chi connectivity index (χ2v) is 7.30. The number of aryl methyl sites for hydroxylation is 1. The molecule has 5 nitrogen and oxygen atoms in total. The summed E-state index contributed by atoms with van der Waals surface area (Å²) in [5.41, 5.74) is 10.9. The van der Waals surface area contributed by atoms with Gasteiger partial charge in [-0.05, 0) is 36.1 Å². The molecule has 0 aliphatic carbocycles. The summed E-state index contributed by atoms with van der Waals surface area (Å²) in [4.78, 5) is 15.1. The van der Waals surface area contributed by atoms with E-state index >= 15 is 0 Å². The van der Waals surface area contributed by atoms with Gasteiger partial charge in [0.15, 0.2) is 5.75 Å². The van der Waals surface area contributed by atoms with E-state index < -0.39 is 0 Å². The van der Waals surface area contributed by atoms with E-state index in [1.807, 2.05) is 31.3 Å². The van der Waals surface area contributed by atoms with E-state index in [9.17, 15) is 4.79 Å². The van der Waals surface area contributed by atoms with Crippen molar-refractivity contribution in [3.63, 3.8) is 0 Å². The molecule has 0 bridgehead atoms. The summed E-state index contributed by atoms with van der Waals surface area (Å²) in [6.45, 7) is 7.25. The maximum atomic E-state index is 13.0. The van der Waals surface area contributed by atoms with E-state index in [0.717, 1.165) is 44.6 Å². The fourth-order valence-corrected chi connectivity index (χ4v) is 4.42. The lowest BCUT2D eigenvalue weighted by atomic mass is 9.92. The van der Waals surface area contributed by atoms with Crippen LogP contribution in [0.25, 0.3) is 27.2 Å². The zero-order valence-electron chi connectivity index (χ0n) is 15.5. The molecule has 2 aliphatic rings.